The molecule has 0 spiro atoms. The topological polar surface area (TPSA) is 66.5 Å². The van der Waals surface area contributed by atoms with Gasteiger partial charge in [-0.1, -0.05) is 17.9 Å². The number of carbonyl (C=O) groups is 1. The Bertz CT molecular complexity index is 1030. The number of nitrogens with zero attached hydrogens (tertiary/aromatic N) is 1. The van der Waals surface area contributed by atoms with Crippen LogP contribution in [-0.2, 0) is 14.8 Å². The van der Waals surface area contributed by atoms with Crippen molar-refractivity contribution in [3.63, 3.8) is 0 Å². The number of carbonyl (C=O) groups excluding carboxylic acids is 1. The van der Waals surface area contributed by atoms with Crippen molar-refractivity contribution in [3.05, 3.63) is 59.2 Å². The highest BCUT2D eigenvalue weighted by Crippen LogP contribution is 2.21. The van der Waals surface area contributed by atoms with E-state index in [1.165, 1.54) is 0 Å². The zero-order valence-corrected chi connectivity index (χ0v) is 17.0. The normalized spacial score (nSPS) is 14.5. The lowest BCUT2D eigenvalue weighted by Crippen LogP contribution is -2.35. The van der Waals surface area contributed by atoms with Gasteiger partial charge in [0.15, 0.2) is 0 Å². The van der Waals surface area contributed by atoms with Crippen molar-refractivity contribution >= 4 is 21.6 Å². The third-order valence-electron chi connectivity index (χ3n) is 4.87. The van der Waals surface area contributed by atoms with Gasteiger partial charge in [0.2, 0.25) is 15.9 Å². The van der Waals surface area contributed by atoms with Crippen LogP contribution in [0.5, 0.6) is 0 Å². The number of sulfonamides is 1. The van der Waals surface area contributed by atoms with Crippen LogP contribution < -0.4 is 9.62 Å². The van der Waals surface area contributed by atoms with Gasteiger partial charge in [0.1, 0.15) is 0 Å². The second-order valence-electron chi connectivity index (χ2n) is 6.92. The van der Waals surface area contributed by atoms with Crippen LogP contribution in [0.3, 0.4) is 0 Å². The molecule has 1 amide bonds. The number of amides is 1. The van der Waals surface area contributed by atoms with E-state index < -0.39 is 10.0 Å². The molecule has 0 unspecified atom stereocenters. The van der Waals surface area contributed by atoms with Gasteiger partial charge in [0.05, 0.1) is 11.4 Å². The van der Waals surface area contributed by atoms with Gasteiger partial charge in [0, 0.05) is 24.2 Å². The number of nitrogens with one attached hydrogen (secondary N) is 1. The average molecular weight is 397 g/mol. The fraction of sp³-hybridized carbons (Fsp3) is 0.318. The number of benzene rings is 2. The second-order valence-corrected chi connectivity index (χ2v) is 8.69. The maximum absolute atomic E-state index is 12.3. The molecule has 6 heteroatoms. The summed E-state index contributed by atoms with van der Waals surface area (Å²) in [6, 6.07) is 12.5. The van der Waals surface area contributed by atoms with Crippen molar-refractivity contribution in [1.82, 2.24) is 4.72 Å². The van der Waals surface area contributed by atoms with Crippen molar-refractivity contribution in [3.8, 4) is 11.8 Å². The molecule has 1 aliphatic rings. The molecule has 0 bridgehead atoms. The highest BCUT2D eigenvalue weighted by molar-refractivity contribution is 7.89. The Morgan fingerprint density at radius 3 is 2.46 bits per heavy atom. The Labute approximate surface area is 166 Å². The molecule has 5 nitrogen and oxygen atoms in total. The lowest BCUT2D eigenvalue weighted by atomic mass is 10.1. The fourth-order valence-corrected chi connectivity index (χ4v) is 4.05. The van der Waals surface area contributed by atoms with Gasteiger partial charge in [-0.3, -0.25) is 4.79 Å². The number of hydrogen-bond acceptors (Lipinski definition) is 3. The van der Waals surface area contributed by atoms with Crippen molar-refractivity contribution < 1.29 is 13.2 Å². The highest BCUT2D eigenvalue weighted by atomic mass is 32.2. The zero-order chi connectivity index (χ0) is 20.1. The summed E-state index contributed by atoms with van der Waals surface area (Å²) in [5.41, 5.74) is 3.64. The van der Waals surface area contributed by atoms with E-state index >= 15 is 0 Å². The van der Waals surface area contributed by atoms with Gasteiger partial charge in [-0.25, -0.2) is 8.42 Å². The quantitative estimate of drug-likeness (QED) is 0.808. The molecule has 2 aromatic rings. The molecule has 0 aromatic heterocycles. The third-order valence-corrected chi connectivity index (χ3v) is 6.27. The van der Waals surface area contributed by atoms with Gasteiger partial charge < -0.3 is 4.90 Å². The molecule has 1 aliphatic heterocycles. The van der Waals surface area contributed by atoms with Gasteiger partial charge in [-0.15, -0.1) is 0 Å². The van der Waals surface area contributed by atoms with Crippen LogP contribution in [0, 0.1) is 25.7 Å². The predicted octanol–water partition coefficient (Wildman–Crippen LogP) is 3.15. The molecule has 1 N–H and O–H groups in total. The lowest BCUT2D eigenvalue weighted by molar-refractivity contribution is -0.119. The number of rotatable bonds is 4. The minimum atomic E-state index is -3.58. The van der Waals surface area contributed by atoms with Crippen LogP contribution in [0.4, 0.5) is 5.69 Å². The summed E-state index contributed by atoms with van der Waals surface area (Å²) in [4.78, 5) is 14.0. The molecular formula is C22H24N2O3S. The first-order valence-electron chi connectivity index (χ1n) is 9.33. The molecule has 0 saturated carbocycles. The first kappa shape index (κ1) is 20.1. The molecule has 2 aromatic carbocycles. The van der Waals surface area contributed by atoms with Crippen LogP contribution in [0.15, 0.2) is 47.4 Å². The number of piperidine rings is 1. The molecule has 1 fully saturated rings. The third kappa shape index (κ3) is 4.80. The van der Waals surface area contributed by atoms with Crippen LogP contribution in [0.2, 0.25) is 0 Å². The van der Waals surface area contributed by atoms with E-state index in [-0.39, 0.29) is 17.3 Å². The number of hydrogen-bond donors (Lipinski definition) is 1. The van der Waals surface area contributed by atoms with E-state index in [1.807, 2.05) is 38.1 Å². The Kier molecular flexibility index (Phi) is 6.18. The molecule has 0 atom stereocenters. The first-order chi connectivity index (χ1) is 13.4. The second kappa shape index (κ2) is 8.59. The van der Waals surface area contributed by atoms with Gasteiger partial charge in [-0.05, 0) is 74.2 Å². The summed E-state index contributed by atoms with van der Waals surface area (Å²) in [6.45, 7) is 4.61. The van der Waals surface area contributed by atoms with E-state index in [0.29, 0.717) is 6.42 Å². The summed E-state index contributed by atoms with van der Waals surface area (Å²) in [6.07, 6.45) is 2.58. The highest BCUT2D eigenvalue weighted by Gasteiger charge is 2.19. The van der Waals surface area contributed by atoms with Crippen molar-refractivity contribution in [1.29, 1.82) is 0 Å². The van der Waals surface area contributed by atoms with Crippen molar-refractivity contribution in [2.24, 2.45) is 0 Å². The average Bonchev–Trinajstić information content (AvgIpc) is 2.68. The molecule has 28 heavy (non-hydrogen) atoms. The molecule has 146 valence electrons. The largest absolute Gasteiger partial charge is 0.312 e. The summed E-state index contributed by atoms with van der Waals surface area (Å²) in [5, 5.41) is 0. The predicted molar refractivity (Wildman–Crippen MR) is 111 cm³/mol. The minimum absolute atomic E-state index is 0.0294. The van der Waals surface area contributed by atoms with Gasteiger partial charge in [0.25, 0.3) is 0 Å². The summed E-state index contributed by atoms with van der Waals surface area (Å²) >= 11 is 0. The van der Waals surface area contributed by atoms with E-state index in [1.54, 1.807) is 23.1 Å². The smallest absolute Gasteiger partial charge is 0.241 e. The molecule has 0 aliphatic carbocycles. The van der Waals surface area contributed by atoms with Crippen molar-refractivity contribution in [2.45, 2.75) is 38.0 Å². The fourth-order valence-electron chi connectivity index (χ4n) is 3.05. The van der Waals surface area contributed by atoms with Crippen LogP contribution in [0.25, 0.3) is 0 Å². The number of anilines is 1. The molecule has 3 rings (SSSR count). The van der Waals surface area contributed by atoms with Crippen LogP contribution in [0.1, 0.15) is 36.0 Å². The lowest BCUT2D eigenvalue weighted by Gasteiger charge is -2.26. The Balaban J connectivity index is 1.61. The summed E-state index contributed by atoms with van der Waals surface area (Å²) < 4.78 is 27.2. The molecule has 1 heterocycles. The Morgan fingerprint density at radius 1 is 1.04 bits per heavy atom. The molecule has 1 saturated heterocycles. The molecule has 0 radical (unpaired) electrons. The standard InChI is InChI=1S/C22H24N2O3S/c1-17-8-13-21(16-18(17)2)28(26,27)23-14-5-6-19-9-11-20(12-10-19)24-15-4-3-7-22(24)25/h8-13,16,23H,3-4,7,14-15H2,1-2H3. The molecular weight excluding hydrogens is 372 g/mol. The Hall–Kier alpha value is -2.62. The van der Waals surface area contributed by atoms with Crippen molar-refractivity contribution in [2.75, 3.05) is 18.0 Å². The SMILES string of the molecule is Cc1ccc(S(=O)(=O)NCC#Cc2ccc(N3CCCCC3=O)cc2)cc1C. The first-order valence-corrected chi connectivity index (χ1v) is 10.8. The van der Waals surface area contributed by atoms with Crippen LogP contribution in [-0.4, -0.2) is 27.4 Å². The van der Waals surface area contributed by atoms with Crippen LogP contribution >= 0.6 is 0 Å². The summed E-state index contributed by atoms with van der Waals surface area (Å²) in [5.74, 6) is 5.95. The number of aryl methyl sites for hydroxylation is 2. The summed E-state index contributed by atoms with van der Waals surface area (Å²) in [7, 11) is -3.58. The maximum Gasteiger partial charge on any atom is 0.241 e. The van der Waals surface area contributed by atoms with Gasteiger partial charge in [-0.2, -0.15) is 4.72 Å². The van der Waals surface area contributed by atoms with Gasteiger partial charge >= 0.3 is 0 Å². The van der Waals surface area contributed by atoms with E-state index in [2.05, 4.69) is 16.6 Å². The zero-order valence-electron chi connectivity index (χ0n) is 16.2. The maximum atomic E-state index is 12.3. The Morgan fingerprint density at radius 2 is 1.79 bits per heavy atom. The van der Waals surface area contributed by atoms with E-state index in [9.17, 15) is 13.2 Å². The van der Waals surface area contributed by atoms with E-state index in [0.717, 1.165) is 41.8 Å². The minimum Gasteiger partial charge on any atom is -0.312 e. The monoisotopic (exact) mass is 396 g/mol. The van der Waals surface area contributed by atoms with E-state index in [4.69, 9.17) is 0 Å².